The summed E-state index contributed by atoms with van der Waals surface area (Å²) in [6.07, 6.45) is 2.24. The lowest BCUT2D eigenvalue weighted by Crippen LogP contribution is -2.15. The molecule has 0 saturated carbocycles. The molecule has 0 bridgehead atoms. The molecule has 19 heavy (non-hydrogen) atoms. The highest BCUT2D eigenvalue weighted by Crippen LogP contribution is 2.36. The van der Waals surface area contributed by atoms with Crippen molar-refractivity contribution in [3.8, 4) is 11.5 Å². The molecule has 1 unspecified atom stereocenters. The van der Waals surface area contributed by atoms with E-state index in [1.54, 1.807) is 7.11 Å². The van der Waals surface area contributed by atoms with Crippen LogP contribution in [0, 0.1) is 0 Å². The molecule has 2 aromatic rings. The van der Waals surface area contributed by atoms with E-state index in [1.807, 2.05) is 18.2 Å². The number of hydrogen-bond acceptors (Lipinski definition) is 2. The van der Waals surface area contributed by atoms with Crippen molar-refractivity contribution in [3.63, 3.8) is 0 Å². The zero-order chi connectivity index (χ0) is 12.4. The van der Waals surface area contributed by atoms with E-state index in [0.717, 1.165) is 24.3 Å². The lowest BCUT2D eigenvalue weighted by atomic mass is 9.97. The molecule has 2 nitrogen and oxygen atoms in total. The van der Waals surface area contributed by atoms with Crippen molar-refractivity contribution in [2.45, 2.75) is 18.9 Å². The third-order valence-electron chi connectivity index (χ3n) is 3.39. The third kappa shape index (κ3) is 2.85. The van der Waals surface area contributed by atoms with E-state index in [1.165, 1.54) is 11.1 Å². The fraction of sp³-hybridized carbons (Fsp3) is 0.250. The summed E-state index contributed by atoms with van der Waals surface area (Å²) in [5.74, 6) is 1.80. The largest absolute Gasteiger partial charge is 0.497 e. The number of halogens is 1. The van der Waals surface area contributed by atoms with E-state index in [9.17, 15) is 0 Å². The molecule has 0 spiro atoms. The maximum absolute atomic E-state index is 6.08. The lowest BCUT2D eigenvalue weighted by Gasteiger charge is -2.26. The number of ether oxygens (including phenoxy) is 2. The van der Waals surface area contributed by atoms with E-state index >= 15 is 0 Å². The van der Waals surface area contributed by atoms with Gasteiger partial charge in [0.1, 0.15) is 17.6 Å². The molecule has 3 heteroatoms. The molecule has 0 amide bonds. The molecule has 2 aromatic carbocycles. The Morgan fingerprint density at radius 2 is 1.89 bits per heavy atom. The summed E-state index contributed by atoms with van der Waals surface area (Å²) in [5.41, 5.74) is 2.51. The Morgan fingerprint density at radius 3 is 2.63 bits per heavy atom. The second-order valence-corrected chi connectivity index (χ2v) is 4.53. The van der Waals surface area contributed by atoms with Crippen molar-refractivity contribution in [3.05, 3.63) is 59.7 Å². The van der Waals surface area contributed by atoms with Crippen molar-refractivity contribution < 1.29 is 9.47 Å². The van der Waals surface area contributed by atoms with Gasteiger partial charge in [-0.15, -0.1) is 12.4 Å². The molecule has 0 N–H and O–H groups in total. The first-order valence-corrected chi connectivity index (χ1v) is 6.25. The van der Waals surface area contributed by atoms with Crippen LogP contribution in [0.2, 0.25) is 0 Å². The smallest absolute Gasteiger partial charge is 0.127 e. The molecular formula is C16H17ClO2. The normalized spacial score (nSPS) is 16.8. The molecule has 0 fully saturated rings. The van der Waals surface area contributed by atoms with Crippen LogP contribution in [0.3, 0.4) is 0 Å². The molecule has 0 aliphatic carbocycles. The van der Waals surface area contributed by atoms with Crippen LogP contribution in [0.1, 0.15) is 23.7 Å². The average Bonchev–Trinajstić information content (AvgIpc) is 2.47. The molecule has 3 rings (SSSR count). The predicted octanol–water partition coefficient (Wildman–Crippen LogP) is 4.18. The highest BCUT2D eigenvalue weighted by Gasteiger charge is 2.21. The van der Waals surface area contributed by atoms with Gasteiger partial charge in [0, 0.05) is 6.07 Å². The Bertz CT molecular complexity index is 540. The van der Waals surface area contributed by atoms with Gasteiger partial charge < -0.3 is 9.47 Å². The van der Waals surface area contributed by atoms with E-state index in [4.69, 9.17) is 9.47 Å². The van der Waals surface area contributed by atoms with Crippen molar-refractivity contribution in [2.75, 3.05) is 7.11 Å². The van der Waals surface area contributed by atoms with Gasteiger partial charge in [-0.25, -0.2) is 0 Å². The summed E-state index contributed by atoms with van der Waals surface area (Å²) >= 11 is 0. The summed E-state index contributed by atoms with van der Waals surface area (Å²) in [6, 6.07) is 16.4. The zero-order valence-corrected chi connectivity index (χ0v) is 11.7. The zero-order valence-electron chi connectivity index (χ0n) is 10.8. The molecule has 0 saturated heterocycles. The van der Waals surface area contributed by atoms with E-state index in [0.29, 0.717) is 0 Å². The second-order valence-electron chi connectivity index (χ2n) is 4.53. The number of fused-ring (bicyclic) bond motifs is 1. The van der Waals surface area contributed by atoms with Crippen LogP contribution >= 0.6 is 12.4 Å². The number of aryl methyl sites for hydroxylation is 1. The Labute approximate surface area is 119 Å². The fourth-order valence-electron chi connectivity index (χ4n) is 2.38. The summed E-state index contributed by atoms with van der Waals surface area (Å²) in [4.78, 5) is 0. The van der Waals surface area contributed by atoms with Gasteiger partial charge in [0.05, 0.1) is 7.11 Å². The summed E-state index contributed by atoms with van der Waals surface area (Å²) < 4.78 is 11.3. The maximum Gasteiger partial charge on any atom is 0.127 e. The Kier molecular flexibility index (Phi) is 4.33. The number of rotatable bonds is 2. The van der Waals surface area contributed by atoms with Crippen LogP contribution in [0.4, 0.5) is 0 Å². The number of hydrogen-bond donors (Lipinski definition) is 0. The summed E-state index contributed by atoms with van der Waals surface area (Å²) in [6.45, 7) is 0. The molecule has 1 aliphatic rings. The molecule has 1 atom stereocenters. The van der Waals surface area contributed by atoms with Gasteiger partial charge in [0.15, 0.2) is 0 Å². The van der Waals surface area contributed by atoms with E-state index in [2.05, 4.69) is 30.3 Å². The first-order chi connectivity index (χ1) is 8.86. The highest BCUT2D eigenvalue weighted by molar-refractivity contribution is 5.85. The molecule has 0 aromatic heterocycles. The average molecular weight is 277 g/mol. The van der Waals surface area contributed by atoms with Crippen LogP contribution in [0.25, 0.3) is 0 Å². The van der Waals surface area contributed by atoms with Gasteiger partial charge in [0.2, 0.25) is 0 Å². The molecule has 1 aliphatic heterocycles. The van der Waals surface area contributed by atoms with Gasteiger partial charge in [-0.05, 0) is 30.0 Å². The first-order valence-electron chi connectivity index (χ1n) is 6.25. The lowest BCUT2D eigenvalue weighted by molar-refractivity contribution is 0.176. The van der Waals surface area contributed by atoms with Gasteiger partial charge >= 0.3 is 0 Å². The fourth-order valence-corrected chi connectivity index (χ4v) is 2.38. The minimum Gasteiger partial charge on any atom is -0.497 e. The van der Waals surface area contributed by atoms with E-state index in [-0.39, 0.29) is 18.5 Å². The van der Waals surface area contributed by atoms with Crippen molar-refractivity contribution >= 4 is 12.4 Å². The predicted molar refractivity (Wildman–Crippen MR) is 78.4 cm³/mol. The van der Waals surface area contributed by atoms with Crippen LogP contribution in [-0.4, -0.2) is 7.11 Å². The Morgan fingerprint density at radius 1 is 1.11 bits per heavy atom. The van der Waals surface area contributed by atoms with Crippen LogP contribution in [0.15, 0.2) is 48.5 Å². The van der Waals surface area contributed by atoms with Crippen LogP contribution < -0.4 is 9.47 Å². The number of benzene rings is 2. The standard InChI is InChI=1S/C16H16O2.ClH/c1-17-14-9-7-13-8-10-15(18-16(13)11-14)12-5-3-2-4-6-12;/h2-7,9,11,15H,8,10H2,1H3;1H. The highest BCUT2D eigenvalue weighted by atomic mass is 35.5. The van der Waals surface area contributed by atoms with Crippen LogP contribution in [-0.2, 0) is 6.42 Å². The maximum atomic E-state index is 6.08. The third-order valence-corrected chi connectivity index (χ3v) is 3.39. The molecular weight excluding hydrogens is 260 g/mol. The first kappa shape index (κ1) is 13.8. The van der Waals surface area contributed by atoms with Crippen molar-refractivity contribution in [2.24, 2.45) is 0 Å². The molecule has 0 radical (unpaired) electrons. The summed E-state index contributed by atoms with van der Waals surface area (Å²) in [7, 11) is 1.68. The van der Waals surface area contributed by atoms with Crippen molar-refractivity contribution in [1.82, 2.24) is 0 Å². The topological polar surface area (TPSA) is 18.5 Å². The Hall–Kier alpha value is -1.67. The van der Waals surface area contributed by atoms with Crippen molar-refractivity contribution in [1.29, 1.82) is 0 Å². The van der Waals surface area contributed by atoms with E-state index < -0.39 is 0 Å². The van der Waals surface area contributed by atoms with Crippen LogP contribution in [0.5, 0.6) is 11.5 Å². The minimum absolute atomic E-state index is 0. The molecule has 1 heterocycles. The quantitative estimate of drug-likeness (QED) is 0.819. The minimum atomic E-state index is 0. The summed E-state index contributed by atoms with van der Waals surface area (Å²) in [5, 5.41) is 0. The SMILES string of the molecule is COc1ccc2c(c1)OC(c1ccccc1)CC2.Cl. The monoisotopic (exact) mass is 276 g/mol. The second kappa shape index (κ2) is 5.98. The number of methoxy groups -OCH3 is 1. The van der Waals surface area contributed by atoms with Gasteiger partial charge in [0.25, 0.3) is 0 Å². The Balaban J connectivity index is 0.00000133. The van der Waals surface area contributed by atoms with Gasteiger partial charge in [-0.1, -0.05) is 36.4 Å². The molecule has 100 valence electrons. The van der Waals surface area contributed by atoms with Gasteiger partial charge in [-0.2, -0.15) is 0 Å². The van der Waals surface area contributed by atoms with Gasteiger partial charge in [-0.3, -0.25) is 0 Å².